The molecule has 4 unspecified atom stereocenters. The summed E-state index contributed by atoms with van der Waals surface area (Å²) in [4.78, 5) is 10.6. The molecule has 2 aliphatic heterocycles. The average Bonchev–Trinajstić information content (AvgIpc) is 3.49. The molecule has 0 bridgehead atoms. The molecule has 2 radical (unpaired) electrons. The summed E-state index contributed by atoms with van der Waals surface area (Å²) in [6.45, 7) is 0. The van der Waals surface area contributed by atoms with Gasteiger partial charge < -0.3 is 4.89 Å². The minimum atomic E-state index is -3.21. The van der Waals surface area contributed by atoms with Crippen LogP contribution in [0, 0.1) is 0 Å². The van der Waals surface area contributed by atoms with E-state index in [9.17, 15) is 9.46 Å². The molecule has 1 N–H and O–H groups in total. The van der Waals surface area contributed by atoms with Gasteiger partial charge in [-0.25, -0.2) is 0 Å². The molecule has 4 aromatic carbocycles. The van der Waals surface area contributed by atoms with E-state index in [4.69, 9.17) is 7.57 Å². The van der Waals surface area contributed by atoms with Gasteiger partial charge in [-0.3, -0.25) is 4.57 Å². The first kappa shape index (κ1) is 26.2. The van der Waals surface area contributed by atoms with Crippen molar-refractivity contribution in [2.45, 2.75) is 48.3 Å². The lowest BCUT2D eigenvalue weighted by molar-refractivity contribution is 0.465. The van der Waals surface area contributed by atoms with Crippen molar-refractivity contribution in [3.63, 3.8) is 0 Å². The van der Waals surface area contributed by atoms with Gasteiger partial charge in [-0.1, -0.05) is 121 Å². The summed E-state index contributed by atoms with van der Waals surface area (Å²) in [5.41, 5.74) is 5.67. The highest BCUT2D eigenvalue weighted by atomic mass is 31.2. The van der Waals surface area contributed by atoms with E-state index in [2.05, 4.69) is 60.7 Å². The molecule has 2 fully saturated rings. The fraction of sp³-hybridized carbons (Fsp3) is 0.250. The lowest BCUT2D eigenvalue weighted by Crippen LogP contribution is -1.97. The van der Waals surface area contributed by atoms with E-state index in [1.165, 1.54) is 24.0 Å². The Morgan fingerprint density at radius 1 is 0.541 bits per heavy atom. The third-order valence-electron chi connectivity index (χ3n) is 7.93. The van der Waals surface area contributed by atoms with Gasteiger partial charge >= 0.3 is 7.57 Å². The zero-order valence-electron chi connectivity index (χ0n) is 21.1. The molecule has 0 spiro atoms. The molecule has 5 heteroatoms. The lowest BCUT2D eigenvalue weighted by Gasteiger charge is -2.20. The number of rotatable bonds is 4. The zero-order valence-corrected chi connectivity index (χ0v) is 23.0. The average molecular weight is 523 g/mol. The SMILES string of the molecule is O=P1(O)C(c2ccccc2)CC[C@@H]1c1ccccc1.[B][PH+]1C(c2ccccc2)CC[C@@H]1c1ccccc1. The Morgan fingerprint density at radius 3 is 1.16 bits per heavy atom. The first-order valence-corrected chi connectivity index (χ1v) is 16.7. The molecule has 37 heavy (non-hydrogen) atoms. The summed E-state index contributed by atoms with van der Waals surface area (Å²) in [7, 11) is 2.54. The normalized spacial score (nSPS) is 28.8. The largest absolute Gasteiger partial charge is 0.363 e. The Morgan fingerprint density at radius 2 is 0.838 bits per heavy atom. The van der Waals surface area contributed by atoms with Crippen molar-refractivity contribution in [1.82, 2.24) is 0 Å². The molecule has 2 nitrogen and oxygen atoms in total. The van der Waals surface area contributed by atoms with Crippen LogP contribution in [0.1, 0.15) is 70.6 Å². The maximum Gasteiger partial charge on any atom is 0.363 e. The maximum absolute atomic E-state index is 12.8. The van der Waals surface area contributed by atoms with Gasteiger partial charge in [0.2, 0.25) is 7.37 Å². The quantitative estimate of drug-likeness (QED) is 0.214. The second-order valence-corrected chi connectivity index (χ2v) is 15.1. The molecule has 2 aliphatic rings. The number of hydrogen-bond acceptors (Lipinski definition) is 1. The minimum absolute atomic E-state index is 0.209. The van der Waals surface area contributed by atoms with Crippen LogP contribution in [0.4, 0.5) is 0 Å². The third kappa shape index (κ3) is 5.86. The number of hydrogen-bond donors (Lipinski definition) is 1. The van der Waals surface area contributed by atoms with Crippen molar-refractivity contribution < 1.29 is 9.46 Å². The van der Waals surface area contributed by atoms with Crippen LogP contribution in [0.2, 0.25) is 0 Å². The fourth-order valence-corrected chi connectivity index (χ4v) is 11.3. The fourth-order valence-electron chi connectivity index (χ4n) is 6.01. The molecule has 186 valence electrons. The Labute approximate surface area is 223 Å². The molecule has 0 aliphatic carbocycles. The second-order valence-electron chi connectivity index (χ2n) is 10.1. The molecule has 4 aromatic rings. The van der Waals surface area contributed by atoms with Crippen LogP contribution in [0.3, 0.4) is 0 Å². The maximum atomic E-state index is 12.8. The third-order valence-corrected chi connectivity index (χ3v) is 13.7. The Balaban J connectivity index is 0.000000152. The smallest absolute Gasteiger partial charge is 0.343 e. The summed E-state index contributed by atoms with van der Waals surface area (Å²) < 4.78 is 12.8. The van der Waals surface area contributed by atoms with Crippen molar-refractivity contribution >= 4 is 22.7 Å². The molecule has 0 amide bonds. The van der Waals surface area contributed by atoms with Crippen LogP contribution in [0.25, 0.3) is 0 Å². The topological polar surface area (TPSA) is 37.3 Å². The molecular weight excluding hydrogens is 489 g/mol. The first-order chi connectivity index (χ1) is 18.1. The van der Waals surface area contributed by atoms with E-state index in [1.54, 1.807) is 0 Å². The molecule has 2 saturated heterocycles. The zero-order chi connectivity index (χ0) is 25.7. The predicted molar refractivity (Wildman–Crippen MR) is 159 cm³/mol. The van der Waals surface area contributed by atoms with E-state index in [-0.39, 0.29) is 11.3 Å². The minimum Gasteiger partial charge on any atom is -0.343 e. The van der Waals surface area contributed by atoms with Crippen molar-refractivity contribution in [3.05, 3.63) is 144 Å². The Hall–Kier alpha value is -2.44. The van der Waals surface area contributed by atoms with Gasteiger partial charge in [0, 0.05) is 0 Å². The van der Waals surface area contributed by atoms with Crippen LogP contribution in [0.5, 0.6) is 0 Å². The Bertz CT molecular complexity index is 1200. The van der Waals surface area contributed by atoms with Gasteiger partial charge in [0.15, 0.2) is 0 Å². The molecule has 0 saturated carbocycles. The van der Waals surface area contributed by atoms with Crippen LogP contribution < -0.4 is 0 Å². The summed E-state index contributed by atoms with van der Waals surface area (Å²) >= 11 is 0. The van der Waals surface area contributed by atoms with Gasteiger partial charge in [0.05, 0.1) is 22.6 Å². The lowest BCUT2D eigenvalue weighted by atomic mass is 10.0. The van der Waals surface area contributed by atoms with Gasteiger partial charge in [0.1, 0.15) is 0 Å². The highest BCUT2D eigenvalue weighted by Crippen LogP contribution is 2.73. The standard InChI is InChI=1S/C16H17BP.C16H17O2P/c17-18-15(13-7-3-1-4-8-13)11-12-16(18)14-9-5-2-6-10-14;17-19(18)15(13-7-3-1-4-8-13)11-12-16(19)14-9-5-2-6-10-14/h1-10,15-16,18H,11-12H2;1-10,15-16H,11-12H2,(H,17,18)/q+1;/t2*15-,16?/m11/s1. The molecule has 0 aromatic heterocycles. The summed E-state index contributed by atoms with van der Waals surface area (Å²) in [5.74, 6) is 0. The monoisotopic (exact) mass is 523 g/mol. The van der Waals surface area contributed by atoms with Crippen molar-refractivity contribution in [2.75, 3.05) is 0 Å². The van der Waals surface area contributed by atoms with Gasteiger partial charge in [-0.05, 0) is 55.7 Å². The summed E-state index contributed by atoms with van der Waals surface area (Å²) in [5, 5.41) is 0. The van der Waals surface area contributed by atoms with Crippen molar-refractivity contribution in [2.24, 2.45) is 0 Å². The van der Waals surface area contributed by atoms with E-state index >= 15 is 0 Å². The van der Waals surface area contributed by atoms with Crippen molar-refractivity contribution in [1.29, 1.82) is 0 Å². The van der Waals surface area contributed by atoms with Gasteiger partial charge in [0.25, 0.3) is 0 Å². The second kappa shape index (κ2) is 12.0. The van der Waals surface area contributed by atoms with E-state index in [0.717, 1.165) is 24.0 Å². The van der Waals surface area contributed by atoms with E-state index in [0.29, 0.717) is 11.3 Å². The van der Waals surface area contributed by atoms with E-state index in [1.807, 2.05) is 60.7 Å². The first-order valence-electron chi connectivity index (χ1n) is 13.2. The molecular formula is C32H34BO2P2+. The van der Waals surface area contributed by atoms with E-state index < -0.39 is 15.2 Å². The molecule has 6 rings (SSSR count). The van der Waals surface area contributed by atoms with Crippen molar-refractivity contribution in [3.8, 4) is 0 Å². The summed E-state index contributed by atoms with van der Waals surface area (Å²) in [6.07, 6.45) is 4.07. The highest BCUT2D eigenvalue weighted by Gasteiger charge is 2.46. The highest BCUT2D eigenvalue weighted by molar-refractivity contribution is 7.82. The Kier molecular flexibility index (Phi) is 8.46. The molecule has 6 atom stereocenters. The van der Waals surface area contributed by atoms with Gasteiger partial charge in [-0.2, -0.15) is 0 Å². The van der Waals surface area contributed by atoms with Crippen LogP contribution in [0.15, 0.2) is 121 Å². The van der Waals surface area contributed by atoms with Crippen LogP contribution in [-0.4, -0.2) is 12.5 Å². The van der Waals surface area contributed by atoms with Crippen LogP contribution >= 0.6 is 15.2 Å². The molecule has 2 heterocycles. The van der Waals surface area contributed by atoms with Gasteiger partial charge in [-0.15, -0.1) is 0 Å². The van der Waals surface area contributed by atoms with Crippen LogP contribution in [-0.2, 0) is 4.57 Å². The predicted octanol–water partition coefficient (Wildman–Crippen LogP) is 9.09. The summed E-state index contributed by atoms with van der Waals surface area (Å²) in [6, 6.07) is 41.0. The number of benzene rings is 4.